The molecule has 0 saturated heterocycles. The monoisotopic (exact) mass is 428 g/mol. The number of carbonyl (C=O) groups is 1. The molecule has 0 aliphatic carbocycles. The van der Waals surface area contributed by atoms with Crippen LogP contribution in [-0.4, -0.2) is 5.78 Å². The summed E-state index contributed by atoms with van der Waals surface area (Å²) in [7, 11) is 0. The molecule has 3 rings (SSSR count). The zero-order chi connectivity index (χ0) is 23.9. The van der Waals surface area contributed by atoms with Crippen molar-refractivity contribution < 1.29 is 4.79 Å². The lowest BCUT2D eigenvalue weighted by atomic mass is 9.86. The standard InChI is InChI=1S/C14H12O.C14H20.C3H8/c1-11(15)12-7-9-14(10-8-12)13-5-3-2-4-6-13;1-5-12-7-9-13(10-8-12)14(6-2)11(3)4;1-3-2/h2-10H,1H3;5,7-11,14H,1,6H2,2-4H3;3H2,1-2H3. The average molecular weight is 429 g/mol. The molecule has 0 spiro atoms. The number of Topliss-reactive ketones (excluding diaryl/α,β-unsaturated/α-hetero) is 1. The molecule has 32 heavy (non-hydrogen) atoms. The highest BCUT2D eigenvalue weighted by atomic mass is 16.1. The quantitative estimate of drug-likeness (QED) is 0.357. The summed E-state index contributed by atoms with van der Waals surface area (Å²) in [6.45, 7) is 16.4. The minimum Gasteiger partial charge on any atom is -0.295 e. The molecule has 1 heteroatoms. The first-order valence-electron chi connectivity index (χ1n) is 11.8. The Morgan fingerprint density at radius 1 is 0.812 bits per heavy atom. The van der Waals surface area contributed by atoms with Crippen LogP contribution >= 0.6 is 0 Å². The predicted octanol–water partition coefficient (Wildman–Crippen LogP) is 9.45. The van der Waals surface area contributed by atoms with Gasteiger partial charge in [0.15, 0.2) is 5.78 Å². The maximum Gasteiger partial charge on any atom is 0.159 e. The first kappa shape index (κ1) is 27.1. The van der Waals surface area contributed by atoms with Crippen molar-refractivity contribution in [3.63, 3.8) is 0 Å². The Kier molecular flexibility index (Phi) is 12.7. The maximum atomic E-state index is 11.1. The molecule has 0 fully saturated rings. The van der Waals surface area contributed by atoms with Gasteiger partial charge in [-0.2, -0.15) is 0 Å². The van der Waals surface area contributed by atoms with Gasteiger partial charge in [0.05, 0.1) is 0 Å². The predicted molar refractivity (Wildman–Crippen MR) is 142 cm³/mol. The van der Waals surface area contributed by atoms with Crippen molar-refractivity contribution in [2.75, 3.05) is 0 Å². The van der Waals surface area contributed by atoms with Gasteiger partial charge in [-0.05, 0) is 47.4 Å². The van der Waals surface area contributed by atoms with Crippen LogP contribution in [0.4, 0.5) is 0 Å². The van der Waals surface area contributed by atoms with Gasteiger partial charge in [-0.15, -0.1) is 0 Å². The van der Waals surface area contributed by atoms with E-state index in [0.29, 0.717) is 5.92 Å². The third-order valence-corrected chi connectivity index (χ3v) is 5.24. The van der Waals surface area contributed by atoms with Crippen molar-refractivity contribution in [2.24, 2.45) is 5.92 Å². The van der Waals surface area contributed by atoms with Crippen LogP contribution < -0.4 is 0 Å². The van der Waals surface area contributed by atoms with Crippen molar-refractivity contribution in [3.05, 3.63) is 102 Å². The summed E-state index contributed by atoms with van der Waals surface area (Å²) >= 11 is 0. The highest BCUT2D eigenvalue weighted by Crippen LogP contribution is 2.27. The zero-order valence-electron chi connectivity index (χ0n) is 20.8. The summed E-state index contributed by atoms with van der Waals surface area (Å²) in [5.41, 5.74) is 5.73. The van der Waals surface area contributed by atoms with Gasteiger partial charge < -0.3 is 0 Å². The topological polar surface area (TPSA) is 17.1 Å². The molecule has 0 saturated carbocycles. The van der Waals surface area contributed by atoms with E-state index in [9.17, 15) is 4.79 Å². The molecule has 1 atom stereocenters. The van der Waals surface area contributed by atoms with E-state index in [4.69, 9.17) is 0 Å². The van der Waals surface area contributed by atoms with Crippen LogP contribution in [0, 0.1) is 5.92 Å². The molecule has 1 unspecified atom stereocenters. The van der Waals surface area contributed by atoms with Crippen molar-refractivity contribution in [2.45, 2.75) is 60.3 Å². The second-order valence-electron chi connectivity index (χ2n) is 8.34. The van der Waals surface area contributed by atoms with Crippen molar-refractivity contribution in [1.29, 1.82) is 0 Å². The number of hydrogen-bond acceptors (Lipinski definition) is 1. The number of rotatable bonds is 6. The maximum absolute atomic E-state index is 11.1. The first-order chi connectivity index (χ1) is 15.4. The van der Waals surface area contributed by atoms with Gasteiger partial charge in [-0.25, -0.2) is 0 Å². The smallest absolute Gasteiger partial charge is 0.159 e. The minimum absolute atomic E-state index is 0.106. The molecule has 3 aromatic carbocycles. The van der Waals surface area contributed by atoms with E-state index >= 15 is 0 Å². The summed E-state index contributed by atoms with van der Waals surface area (Å²) in [4.78, 5) is 11.1. The molecular weight excluding hydrogens is 388 g/mol. The summed E-state index contributed by atoms with van der Waals surface area (Å²) in [6.07, 6.45) is 4.35. The van der Waals surface area contributed by atoms with Crippen molar-refractivity contribution in [3.8, 4) is 11.1 Å². The number of benzene rings is 3. The molecule has 3 aromatic rings. The Labute approximate surface area is 196 Å². The molecule has 0 radical (unpaired) electrons. The second-order valence-corrected chi connectivity index (χ2v) is 8.34. The molecule has 0 aromatic heterocycles. The molecule has 0 bridgehead atoms. The largest absolute Gasteiger partial charge is 0.295 e. The zero-order valence-corrected chi connectivity index (χ0v) is 20.8. The van der Waals surface area contributed by atoms with E-state index in [1.54, 1.807) is 6.92 Å². The van der Waals surface area contributed by atoms with Crippen LogP contribution in [-0.2, 0) is 0 Å². The molecule has 0 heterocycles. The lowest BCUT2D eigenvalue weighted by Crippen LogP contribution is -2.05. The fourth-order valence-electron chi connectivity index (χ4n) is 3.50. The molecular formula is C31H40O. The van der Waals surface area contributed by atoms with Crippen LogP contribution in [0.1, 0.15) is 81.8 Å². The van der Waals surface area contributed by atoms with Crippen LogP contribution in [0.3, 0.4) is 0 Å². The Morgan fingerprint density at radius 2 is 1.31 bits per heavy atom. The third-order valence-electron chi connectivity index (χ3n) is 5.24. The summed E-state index contributed by atoms with van der Waals surface area (Å²) in [5, 5.41) is 0. The molecule has 170 valence electrons. The molecule has 1 nitrogen and oxygen atoms in total. The van der Waals surface area contributed by atoms with Crippen LogP contribution in [0.2, 0.25) is 0 Å². The lowest BCUT2D eigenvalue weighted by molar-refractivity contribution is 0.101. The van der Waals surface area contributed by atoms with E-state index in [1.165, 1.54) is 29.5 Å². The number of ketones is 1. The summed E-state index contributed by atoms with van der Waals surface area (Å²) in [6, 6.07) is 26.6. The van der Waals surface area contributed by atoms with E-state index in [2.05, 4.69) is 77.6 Å². The SMILES string of the molecule is C=Cc1ccc(C(CC)C(C)C)cc1.CC(=O)c1ccc(-c2ccccc2)cc1.CCC. The third kappa shape index (κ3) is 9.06. The second kappa shape index (κ2) is 15.0. The van der Waals surface area contributed by atoms with E-state index in [1.807, 2.05) is 48.5 Å². The van der Waals surface area contributed by atoms with E-state index < -0.39 is 0 Å². The normalized spacial score (nSPS) is 10.8. The molecule has 0 aliphatic heterocycles. The van der Waals surface area contributed by atoms with Gasteiger partial charge in [-0.1, -0.05) is 133 Å². The number of carbonyl (C=O) groups excluding carboxylic acids is 1. The van der Waals surface area contributed by atoms with Crippen molar-refractivity contribution in [1.82, 2.24) is 0 Å². The van der Waals surface area contributed by atoms with Crippen LogP contribution in [0.25, 0.3) is 17.2 Å². The first-order valence-corrected chi connectivity index (χ1v) is 11.8. The number of hydrogen-bond donors (Lipinski definition) is 0. The molecule has 0 amide bonds. The van der Waals surface area contributed by atoms with Crippen LogP contribution in [0.5, 0.6) is 0 Å². The van der Waals surface area contributed by atoms with E-state index in [-0.39, 0.29) is 5.78 Å². The Balaban J connectivity index is 0.000000286. The summed E-state index contributed by atoms with van der Waals surface area (Å²) in [5.74, 6) is 1.51. The van der Waals surface area contributed by atoms with Gasteiger partial charge in [0, 0.05) is 5.56 Å². The Bertz CT molecular complexity index is 903. The lowest BCUT2D eigenvalue weighted by Gasteiger charge is -2.19. The van der Waals surface area contributed by atoms with Gasteiger partial charge in [-0.3, -0.25) is 4.79 Å². The highest BCUT2D eigenvalue weighted by molar-refractivity contribution is 5.94. The van der Waals surface area contributed by atoms with E-state index in [0.717, 1.165) is 17.0 Å². The van der Waals surface area contributed by atoms with Gasteiger partial charge in [0.25, 0.3) is 0 Å². The highest BCUT2D eigenvalue weighted by Gasteiger charge is 2.12. The Hall–Kier alpha value is -2.93. The average Bonchev–Trinajstić information content (AvgIpc) is 2.81. The Morgan fingerprint density at radius 3 is 1.72 bits per heavy atom. The molecule has 0 N–H and O–H groups in total. The summed E-state index contributed by atoms with van der Waals surface area (Å²) < 4.78 is 0. The molecule has 0 aliphatic rings. The van der Waals surface area contributed by atoms with Crippen LogP contribution in [0.15, 0.2) is 85.4 Å². The van der Waals surface area contributed by atoms with Gasteiger partial charge in [0.2, 0.25) is 0 Å². The van der Waals surface area contributed by atoms with Gasteiger partial charge in [0.1, 0.15) is 0 Å². The fourth-order valence-corrected chi connectivity index (χ4v) is 3.50. The van der Waals surface area contributed by atoms with Gasteiger partial charge >= 0.3 is 0 Å². The minimum atomic E-state index is 0.106. The van der Waals surface area contributed by atoms with Crippen molar-refractivity contribution >= 4 is 11.9 Å². The fraction of sp³-hybridized carbons (Fsp3) is 0.323.